The fraction of sp³-hybridized carbons (Fsp3) is 0.217. The number of halogens is 2. The Kier molecular flexibility index (Phi) is 10.7. The standard InChI is InChI=1S/C23H24BClIN4O4P/c1-4-17(12-27-2)33-18-13-28-23(29-14-31)20-19(18)21(15-6-8-16(25)9-7-15)34-24-22(20)30(3)10-5-11-32-35-26/h4,6-9,12-14,21,35H,1-2,5,10-11H2,3H3,(H,28,29,31)/b17-12+. The summed E-state index contributed by atoms with van der Waals surface area (Å²) in [6.07, 6.45) is 5.38. The van der Waals surface area contributed by atoms with E-state index in [0.717, 1.165) is 17.6 Å². The molecule has 3 rings (SSSR count). The Bertz CT molecular complexity index is 1130. The number of anilines is 1. The molecular formula is C23H24BClIN4O4P. The van der Waals surface area contributed by atoms with E-state index in [9.17, 15) is 4.79 Å². The molecule has 0 fully saturated rings. The van der Waals surface area contributed by atoms with Crippen molar-refractivity contribution in [1.82, 2.24) is 9.88 Å². The number of pyridine rings is 1. The number of hydrogen-bond acceptors (Lipinski definition) is 7. The van der Waals surface area contributed by atoms with Crippen LogP contribution in [0.5, 0.6) is 5.75 Å². The summed E-state index contributed by atoms with van der Waals surface area (Å²) in [5.74, 6) is 1.20. The summed E-state index contributed by atoms with van der Waals surface area (Å²) < 4.78 is 17.9. The van der Waals surface area contributed by atoms with Crippen LogP contribution in [0.2, 0.25) is 5.02 Å². The van der Waals surface area contributed by atoms with E-state index in [2.05, 4.69) is 50.6 Å². The van der Waals surface area contributed by atoms with Crippen LogP contribution in [0.3, 0.4) is 0 Å². The van der Waals surface area contributed by atoms with Gasteiger partial charge in [-0.3, -0.25) is 0 Å². The van der Waals surface area contributed by atoms with E-state index >= 15 is 0 Å². The summed E-state index contributed by atoms with van der Waals surface area (Å²) in [5.41, 5.74) is 2.98. The molecule has 35 heavy (non-hydrogen) atoms. The molecule has 182 valence electrons. The molecule has 8 nitrogen and oxygen atoms in total. The molecule has 1 aliphatic heterocycles. The van der Waals surface area contributed by atoms with Crippen LogP contribution in [0, 0.1) is 0 Å². The quantitative estimate of drug-likeness (QED) is 0.0499. The van der Waals surface area contributed by atoms with Gasteiger partial charge in [0.2, 0.25) is 0 Å². The molecule has 0 bridgehead atoms. The summed E-state index contributed by atoms with van der Waals surface area (Å²) in [5, 5.41) is 3.33. The van der Waals surface area contributed by atoms with Gasteiger partial charge >= 0.3 is 226 Å². The van der Waals surface area contributed by atoms with E-state index in [1.807, 2.05) is 24.1 Å². The van der Waals surface area contributed by atoms with Crippen molar-refractivity contribution in [3.05, 3.63) is 76.8 Å². The van der Waals surface area contributed by atoms with Crippen molar-refractivity contribution in [2.45, 2.75) is 12.5 Å². The third-order valence-corrected chi connectivity index (χ3v) is 6.64. The van der Waals surface area contributed by atoms with Gasteiger partial charge in [-0.2, -0.15) is 0 Å². The van der Waals surface area contributed by atoms with Crippen LogP contribution in [0.1, 0.15) is 29.2 Å². The molecule has 1 aromatic heterocycles. The van der Waals surface area contributed by atoms with Gasteiger partial charge < -0.3 is 0 Å². The average Bonchev–Trinajstić information content (AvgIpc) is 2.87. The van der Waals surface area contributed by atoms with E-state index in [0.29, 0.717) is 59.5 Å². The molecule has 0 saturated carbocycles. The fourth-order valence-corrected chi connectivity index (χ4v) is 4.58. The van der Waals surface area contributed by atoms with E-state index in [1.165, 1.54) is 18.5 Å². The van der Waals surface area contributed by atoms with E-state index < -0.39 is 6.10 Å². The average molecular weight is 625 g/mol. The number of hydrogen-bond donors (Lipinski definition) is 1. The van der Waals surface area contributed by atoms with Gasteiger partial charge in [0.1, 0.15) is 0 Å². The van der Waals surface area contributed by atoms with Crippen LogP contribution in [0.4, 0.5) is 5.82 Å². The first-order valence-electron chi connectivity index (χ1n) is 10.5. The number of aromatic nitrogens is 1. The number of fused-ring (bicyclic) bond motifs is 1. The van der Waals surface area contributed by atoms with Crippen LogP contribution in [0.25, 0.3) is 0 Å². The number of amides is 1. The summed E-state index contributed by atoms with van der Waals surface area (Å²) in [6, 6.07) is 7.35. The third-order valence-electron chi connectivity index (χ3n) is 5.14. The van der Waals surface area contributed by atoms with Crippen LogP contribution >= 0.6 is 40.1 Å². The van der Waals surface area contributed by atoms with Crippen molar-refractivity contribution in [1.29, 1.82) is 0 Å². The summed E-state index contributed by atoms with van der Waals surface area (Å²) in [6.45, 7) is 9.01. The number of allylic oxidation sites excluding steroid dienone is 1. The molecule has 0 radical (unpaired) electrons. The van der Waals surface area contributed by atoms with Crippen LogP contribution in [0.15, 0.2) is 60.1 Å². The first kappa shape index (κ1) is 27.3. The number of carbonyl (C=O) groups excluding carboxylic acids is 1. The van der Waals surface area contributed by atoms with Gasteiger partial charge in [0.15, 0.2) is 0 Å². The van der Waals surface area contributed by atoms with Crippen molar-refractivity contribution in [3.63, 3.8) is 0 Å². The van der Waals surface area contributed by atoms with Gasteiger partial charge in [-0.25, -0.2) is 0 Å². The topological polar surface area (TPSA) is 85.3 Å². The van der Waals surface area contributed by atoms with Gasteiger partial charge in [0.05, 0.1) is 0 Å². The Morgan fingerprint density at radius 3 is 2.89 bits per heavy atom. The van der Waals surface area contributed by atoms with E-state index in [1.54, 1.807) is 19.3 Å². The second-order valence-corrected chi connectivity index (χ2v) is 9.51. The van der Waals surface area contributed by atoms with Crippen molar-refractivity contribution < 1.29 is 18.7 Å². The van der Waals surface area contributed by atoms with Crippen LogP contribution in [-0.2, 0) is 14.0 Å². The maximum atomic E-state index is 11.4. The summed E-state index contributed by atoms with van der Waals surface area (Å²) in [7, 11) is 3.63. The number of aliphatic imine (C=N–C) groups is 1. The minimum absolute atomic E-state index is 0.385. The zero-order chi connectivity index (χ0) is 25.2. The molecule has 1 aromatic carbocycles. The monoisotopic (exact) mass is 624 g/mol. The maximum absolute atomic E-state index is 11.4. The first-order valence-corrected chi connectivity index (χ1v) is 14.9. The van der Waals surface area contributed by atoms with Crippen molar-refractivity contribution in [2.24, 2.45) is 4.99 Å². The fourth-order valence-electron chi connectivity index (χ4n) is 3.57. The number of ether oxygens (including phenoxy) is 1. The Balaban J connectivity index is 2.15. The predicted octanol–water partition coefficient (Wildman–Crippen LogP) is 4.91. The molecule has 0 spiro atoms. The predicted molar refractivity (Wildman–Crippen MR) is 152 cm³/mol. The molecule has 0 aliphatic carbocycles. The van der Waals surface area contributed by atoms with Crippen molar-refractivity contribution >= 4 is 71.7 Å². The van der Waals surface area contributed by atoms with Crippen LogP contribution in [-0.4, -0.2) is 55.9 Å². The molecule has 2 aromatic rings. The molecule has 2 heterocycles. The zero-order valence-electron chi connectivity index (χ0n) is 19.0. The number of carbonyl (C=O) groups is 1. The Hall–Kier alpha value is -2.27. The number of rotatable bonds is 13. The molecule has 1 amide bonds. The second kappa shape index (κ2) is 13.7. The van der Waals surface area contributed by atoms with Gasteiger partial charge in [-0.15, -0.1) is 0 Å². The van der Waals surface area contributed by atoms with Gasteiger partial charge in [-0.05, 0) is 0 Å². The van der Waals surface area contributed by atoms with Gasteiger partial charge in [-0.1, -0.05) is 0 Å². The van der Waals surface area contributed by atoms with Gasteiger partial charge in [0, 0.05) is 0 Å². The first-order chi connectivity index (χ1) is 17.0. The van der Waals surface area contributed by atoms with Crippen LogP contribution < -0.4 is 10.1 Å². The SMILES string of the molecule is C=C/C(=C\N=C)Oc1cnc(NC=O)c2c1C(c1ccc(Cl)cc1)OB=C2N(C)CCCOPI. The van der Waals surface area contributed by atoms with E-state index in [4.69, 9.17) is 25.5 Å². The number of benzene rings is 1. The number of nitrogens with zero attached hydrogens (tertiary/aromatic N) is 3. The molecular weight excluding hydrogens is 600 g/mol. The molecule has 12 heteroatoms. The van der Waals surface area contributed by atoms with Crippen molar-refractivity contribution in [2.75, 3.05) is 25.5 Å². The number of nitrogens with one attached hydrogen (secondary N) is 1. The van der Waals surface area contributed by atoms with Crippen molar-refractivity contribution in [3.8, 4) is 5.75 Å². The summed E-state index contributed by atoms with van der Waals surface area (Å²) >= 11 is 8.32. The normalized spacial score (nSPS) is 14.9. The summed E-state index contributed by atoms with van der Waals surface area (Å²) in [4.78, 5) is 21.7. The molecule has 0 saturated heterocycles. The zero-order valence-corrected chi connectivity index (χ0v) is 23.0. The minimum atomic E-state index is -0.545. The van der Waals surface area contributed by atoms with E-state index in [-0.39, 0.29) is 0 Å². The third kappa shape index (κ3) is 6.91. The molecule has 2 atom stereocenters. The Morgan fingerprint density at radius 1 is 1.46 bits per heavy atom. The Morgan fingerprint density at radius 2 is 2.23 bits per heavy atom. The Labute approximate surface area is 225 Å². The molecule has 1 N–H and O–H groups in total. The molecule has 2 unspecified atom stereocenters. The molecule has 1 aliphatic rings. The second-order valence-electron chi connectivity index (χ2n) is 7.31. The van der Waals surface area contributed by atoms with Gasteiger partial charge in [0.25, 0.3) is 0 Å².